The molecule has 1 aromatic heterocycles. The van der Waals surface area contributed by atoms with Crippen LogP contribution in [0.4, 0.5) is 5.69 Å². The van der Waals surface area contributed by atoms with Gasteiger partial charge in [0.05, 0.1) is 11.4 Å². The van der Waals surface area contributed by atoms with Crippen LogP contribution in [0.5, 0.6) is 0 Å². The second-order valence-electron chi connectivity index (χ2n) is 6.62. The van der Waals surface area contributed by atoms with E-state index in [1.807, 2.05) is 24.3 Å². The molecule has 0 saturated heterocycles. The Morgan fingerprint density at radius 3 is 2.68 bits per heavy atom. The van der Waals surface area contributed by atoms with Gasteiger partial charge in [-0.2, -0.15) is 0 Å². The zero-order valence-corrected chi connectivity index (χ0v) is 15.4. The van der Waals surface area contributed by atoms with Gasteiger partial charge in [0.15, 0.2) is 5.16 Å². The Morgan fingerprint density at radius 1 is 1.24 bits per heavy atom. The third-order valence-corrected chi connectivity index (χ3v) is 5.24. The van der Waals surface area contributed by atoms with Crippen LogP contribution in [0.3, 0.4) is 0 Å². The van der Waals surface area contributed by atoms with Crippen LogP contribution in [0.1, 0.15) is 49.4 Å². The van der Waals surface area contributed by atoms with Crippen LogP contribution in [0.15, 0.2) is 34.2 Å². The first-order valence-electron chi connectivity index (χ1n) is 8.67. The van der Waals surface area contributed by atoms with Crippen LogP contribution in [0.25, 0.3) is 0 Å². The monoisotopic (exact) mass is 357 g/mol. The maximum Gasteiger partial charge on any atom is 0.254 e. The second kappa shape index (κ2) is 7.87. The molecule has 0 fully saturated rings. The van der Waals surface area contributed by atoms with Crippen molar-refractivity contribution in [2.75, 3.05) is 11.1 Å². The van der Waals surface area contributed by atoms with E-state index in [9.17, 15) is 9.59 Å². The summed E-state index contributed by atoms with van der Waals surface area (Å²) in [6, 6.07) is 7.87. The average molecular weight is 357 g/mol. The fraction of sp³-hybridized carbons (Fsp3) is 0.421. The largest absolute Gasteiger partial charge is 0.325 e. The lowest BCUT2D eigenvalue weighted by molar-refractivity contribution is -0.113. The van der Waals surface area contributed by atoms with E-state index in [1.165, 1.54) is 17.3 Å². The average Bonchev–Trinajstić information content (AvgIpc) is 2.60. The van der Waals surface area contributed by atoms with Gasteiger partial charge < -0.3 is 10.3 Å². The van der Waals surface area contributed by atoms with Crippen LogP contribution < -0.4 is 10.9 Å². The third kappa shape index (κ3) is 4.51. The number of hydrogen-bond acceptors (Lipinski definition) is 4. The van der Waals surface area contributed by atoms with E-state index in [0.29, 0.717) is 11.1 Å². The summed E-state index contributed by atoms with van der Waals surface area (Å²) < 4.78 is 0. The number of thioether (sulfide) groups is 1. The quantitative estimate of drug-likeness (QED) is 0.634. The van der Waals surface area contributed by atoms with Gasteiger partial charge in [-0.1, -0.05) is 37.7 Å². The van der Waals surface area contributed by atoms with Gasteiger partial charge in [0, 0.05) is 11.3 Å². The molecule has 3 rings (SSSR count). The molecule has 6 heteroatoms. The molecule has 2 N–H and O–H groups in total. The highest BCUT2D eigenvalue weighted by atomic mass is 32.2. The maximum atomic E-state index is 12.1. The summed E-state index contributed by atoms with van der Waals surface area (Å²) in [5.41, 5.74) is 3.66. The molecule has 0 saturated carbocycles. The van der Waals surface area contributed by atoms with E-state index in [2.05, 4.69) is 29.1 Å². The Morgan fingerprint density at radius 2 is 1.96 bits per heavy atom. The molecule has 0 spiro atoms. The minimum absolute atomic E-state index is 0.0584. The number of amides is 1. The van der Waals surface area contributed by atoms with Gasteiger partial charge >= 0.3 is 0 Å². The van der Waals surface area contributed by atoms with E-state index in [1.54, 1.807) is 0 Å². The van der Waals surface area contributed by atoms with Crippen molar-refractivity contribution in [2.45, 2.75) is 50.6 Å². The van der Waals surface area contributed by atoms with Gasteiger partial charge in [-0.25, -0.2) is 4.98 Å². The molecule has 0 unspecified atom stereocenters. The lowest BCUT2D eigenvalue weighted by atomic mass is 9.97. The molecule has 1 heterocycles. The lowest BCUT2D eigenvalue weighted by Crippen LogP contribution is -2.22. The number of rotatable bonds is 5. The predicted molar refractivity (Wildman–Crippen MR) is 101 cm³/mol. The zero-order chi connectivity index (χ0) is 17.8. The molecule has 2 aromatic rings. The van der Waals surface area contributed by atoms with Crippen LogP contribution in [-0.4, -0.2) is 21.6 Å². The van der Waals surface area contributed by atoms with Crippen molar-refractivity contribution in [1.29, 1.82) is 0 Å². The molecule has 132 valence electrons. The normalized spacial score (nSPS) is 13.6. The van der Waals surface area contributed by atoms with E-state index >= 15 is 0 Å². The smallest absolute Gasteiger partial charge is 0.254 e. The molecule has 0 atom stereocenters. The molecule has 1 aromatic carbocycles. The van der Waals surface area contributed by atoms with E-state index < -0.39 is 0 Å². The summed E-state index contributed by atoms with van der Waals surface area (Å²) in [4.78, 5) is 31.5. The van der Waals surface area contributed by atoms with Gasteiger partial charge in [0.2, 0.25) is 5.91 Å². The van der Waals surface area contributed by atoms with Crippen molar-refractivity contribution in [2.24, 2.45) is 0 Å². The number of aromatic nitrogens is 2. The number of H-pyrrole nitrogens is 1. The molecular formula is C19H23N3O2S. The van der Waals surface area contributed by atoms with Crippen molar-refractivity contribution in [3.05, 3.63) is 51.4 Å². The van der Waals surface area contributed by atoms with Gasteiger partial charge in [-0.3, -0.25) is 9.59 Å². The number of fused-ring (bicyclic) bond motifs is 1. The van der Waals surface area contributed by atoms with Gasteiger partial charge in [-0.15, -0.1) is 0 Å². The van der Waals surface area contributed by atoms with Gasteiger partial charge in [0.25, 0.3) is 5.56 Å². The minimum atomic E-state index is -0.109. The Balaban J connectivity index is 1.59. The second-order valence-corrected chi connectivity index (χ2v) is 7.58. The Labute approximate surface area is 151 Å². The predicted octanol–water partition coefficient (Wildman–Crippen LogP) is 3.50. The van der Waals surface area contributed by atoms with Crippen molar-refractivity contribution in [1.82, 2.24) is 9.97 Å². The SMILES string of the molecule is CC(C)c1ccc(NC(=O)CSc2nc3c(c(=O)[nH]2)CCCC3)cc1. The number of anilines is 1. The number of hydrogen-bond donors (Lipinski definition) is 2. The third-order valence-electron chi connectivity index (χ3n) is 4.37. The summed E-state index contributed by atoms with van der Waals surface area (Å²) >= 11 is 1.26. The van der Waals surface area contributed by atoms with Crippen molar-refractivity contribution in [3.8, 4) is 0 Å². The van der Waals surface area contributed by atoms with Gasteiger partial charge in [-0.05, 0) is 49.3 Å². The highest BCUT2D eigenvalue weighted by molar-refractivity contribution is 7.99. The number of carbonyl (C=O) groups is 1. The Kier molecular flexibility index (Phi) is 5.58. The molecule has 0 radical (unpaired) electrons. The maximum absolute atomic E-state index is 12.1. The van der Waals surface area contributed by atoms with Crippen LogP contribution in [0, 0.1) is 0 Å². The van der Waals surface area contributed by atoms with Gasteiger partial charge in [0.1, 0.15) is 0 Å². The molecule has 0 aliphatic heterocycles. The van der Waals surface area contributed by atoms with E-state index in [0.717, 1.165) is 42.6 Å². The first kappa shape index (κ1) is 17.7. The summed E-state index contributed by atoms with van der Waals surface area (Å²) in [6.45, 7) is 4.27. The highest BCUT2D eigenvalue weighted by Gasteiger charge is 2.16. The Bertz CT molecular complexity index is 812. The van der Waals surface area contributed by atoms with Crippen LogP contribution in [0.2, 0.25) is 0 Å². The van der Waals surface area contributed by atoms with Crippen molar-refractivity contribution in [3.63, 3.8) is 0 Å². The molecule has 1 aliphatic rings. The van der Waals surface area contributed by atoms with E-state index in [-0.39, 0.29) is 17.2 Å². The molecule has 1 aliphatic carbocycles. The number of aryl methyl sites for hydroxylation is 1. The standard InChI is InChI=1S/C19H23N3O2S/c1-12(2)13-7-9-14(10-8-13)20-17(23)11-25-19-21-16-6-4-3-5-15(16)18(24)22-19/h7-10,12H,3-6,11H2,1-2H3,(H,20,23)(H,21,22,24). The van der Waals surface area contributed by atoms with Crippen molar-refractivity contribution >= 4 is 23.4 Å². The lowest BCUT2D eigenvalue weighted by Gasteiger charge is -2.14. The van der Waals surface area contributed by atoms with Crippen molar-refractivity contribution < 1.29 is 4.79 Å². The molecule has 0 bridgehead atoms. The minimum Gasteiger partial charge on any atom is -0.325 e. The molecule has 5 nitrogen and oxygen atoms in total. The zero-order valence-electron chi connectivity index (χ0n) is 14.6. The molecule has 1 amide bonds. The highest BCUT2D eigenvalue weighted by Crippen LogP contribution is 2.20. The number of benzene rings is 1. The summed E-state index contributed by atoms with van der Waals surface area (Å²) in [6.07, 6.45) is 3.76. The summed E-state index contributed by atoms with van der Waals surface area (Å²) in [5, 5.41) is 3.40. The van der Waals surface area contributed by atoms with Crippen LogP contribution in [-0.2, 0) is 17.6 Å². The van der Waals surface area contributed by atoms with Crippen LogP contribution >= 0.6 is 11.8 Å². The fourth-order valence-corrected chi connectivity index (χ4v) is 3.61. The number of carbonyl (C=O) groups excluding carboxylic acids is 1. The Hall–Kier alpha value is -2.08. The number of nitrogens with zero attached hydrogens (tertiary/aromatic N) is 1. The summed E-state index contributed by atoms with van der Waals surface area (Å²) in [7, 11) is 0. The number of nitrogens with one attached hydrogen (secondary N) is 2. The number of aromatic amines is 1. The molecule has 25 heavy (non-hydrogen) atoms. The molecular weight excluding hydrogens is 334 g/mol. The van der Waals surface area contributed by atoms with E-state index in [4.69, 9.17) is 0 Å². The fourth-order valence-electron chi connectivity index (χ4n) is 2.93. The first-order valence-corrected chi connectivity index (χ1v) is 9.66. The summed E-state index contributed by atoms with van der Waals surface area (Å²) in [5.74, 6) is 0.572. The first-order chi connectivity index (χ1) is 12.0. The topological polar surface area (TPSA) is 74.8 Å².